The second-order valence-corrected chi connectivity index (χ2v) is 8.42. The molecule has 0 aromatic heterocycles. The second kappa shape index (κ2) is 10.8. The number of carbonyl (C=O) groups excluding carboxylic acids is 3. The number of rotatable bonds is 9. The molecule has 0 bridgehead atoms. The van der Waals surface area contributed by atoms with E-state index in [1.54, 1.807) is 27.7 Å². The summed E-state index contributed by atoms with van der Waals surface area (Å²) in [6.07, 6.45) is -1.62. The molecule has 3 N–H and O–H groups in total. The number of carboxylic acid groups (broad SMARTS) is 1. The summed E-state index contributed by atoms with van der Waals surface area (Å²) in [5, 5.41) is 14.5. The van der Waals surface area contributed by atoms with Gasteiger partial charge in [-0.2, -0.15) is 0 Å². The van der Waals surface area contributed by atoms with Gasteiger partial charge in [-0.15, -0.1) is 0 Å². The first-order chi connectivity index (χ1) is 15.0. The van der Waals surface area contributed by atoms with Crippen molar-refractivity contribution in [2.45, 2.75) is 45.9 Å². The third-order valence-electron chi connectivity index (χ3n) is 4.80. The van der Waals surface area contributed by atoms with Gasteiger partial charge in [0.25, 0.3) is 0 Å². The zero-order chi connectivity index (χ0) is 23.9. The molecule has 32 heavy (non-hydrogen) atoms. The van der Waals surface area contributed by atoms with Crippen LogP contribution in [-0.4, -0.2) is 54.1 Å². The standard InChI is InChI=1S/C22H30N2O8/c1-5-30-19(27)16-14(12-31-20(28)23-11-13-9-7-6-8-10-13)15(16)17(18(25)26)24-21(29)32-22(2,3)4/h6-10,14-17H,5,11-12H2,1-4H3,(H,23,28)(H,24,29)(H,25,26). The van der Waals surface area contributed by atoms with Gasteiger partial charge in [-0.25, -0.2) is 14.4 Å². The second-order valence-electron chi connectivity index (χ2n) is 8.42. The molecule has 4 unspecified atom stereocenters. The number of alkyl carbamates (subject to hydrolysis) is 2. The van der Waals surface area contributed by atoms with Crippen LogP contribution in [0.2, 0.25) is 0 Å². The molecule has 4 atom stereocenters. The summed E-state index contributed by atoms with van der Waals surface area (Å²) in [5.41, 5.74) is 0.0574. The minimum Gasteiger partial charge on any atom is -0.480 e. The van der Waals surface area contributed by atoms with Crippen LogP contribution >= 0.6 is 0 Å². The monoisotopic (exact) mass is 450 g/mol. The van der Waals surface area contributed by atoms with E-state index in [0.29, 0.717) is 0 Å². The van der Waals surface area contributed by atoms with Gasteiger partial charge >= 0.3 is 24.1 Å². The Hall–Kier alpha value is -3.30. The van der Waals surface area contributed by atoms with Crippen LogP contribution in [-0.2, 0) is 30.3 Å². The number of nitrogens with one attached hydrogen (secondary N) is 2. The molecule has 10 nitrogen and oxygen atoms in total. The van der Waals surface area contributed by atoms with Crippen molar-refractivity contribution in [1.82, 2.24) is 10.6 Å². The van der Waals surface area contributed by atoms with Crippen LogP contribution in [0.15, 0.2) is 30.3 Å². The van der Waals surface area contributed by atoms with Crippen molar-refractivity contribution >= 4 is 24.1 Å². The molecule has 1 aromatic carbocycles. The highest BCUT2D eigenvalue weighted by molar-refractivity contribution is 5.84. The Morgan fingerprint density at radius 3 is 2.28 bits per heavy atom. The largest absolute Gasteiger partial charge is 0.480 e. The molecule has 0 heterocycles. The Labute approximate surface area is 186 Å². The molecule has 0 spiro atoms. The number of hydrogen-bond donors (Lipinski definition) is 3. The molecule has 2 amide bonds. The van der Waals surface area contributed by atoms with E-state index in [1.165, 1.54) is 0 Å². The average molecular weight is 450 g/mol. The Kier molecular flexibility index (Phi) is 8.45. The molecule has 0 radical (unpaired) electrons. The van der Waals surface area contributed by atoms with Gasteiger partial charge in [0.15, 0.2) is 0 Å². The SMILES string of the molecule is CCOC(=O)C1C(COC(=O)NCc2ccccc2)C1C(NC(=O)OC(C)(C)C)C(=O)O. The normalized spacial score (nSPS) is 20.4. The van der Waals surface area contributed by atoms with Gasteiger partial charge in [0.1, 0.15) is 11.6 Å². The van der Waals surface area contributed by atoms with Crippen LogP contribution in [0.4, 0.5) is 9.59 Å². The van der Waals surface area contributed by atoms with E-state index in [-0.39, 0.29) is 19.8 Å². The van der Waals surface area contributed by atoms with Crippen molar-refractivity contribution in [3.05, 3.63) is 35.9 Å². The molecule has 1 aliphatic rings. The van der Waals surface area contributed by atoms with Crippen LogP contribution in [0.5, 0.6) is 0 Å². The molecule has 1 saturated carbocycles. The minimum absolute atomic E-state index is 0.116. The first-order valence-electron chi connectivity index (χ1n) is 10.4. The first kappa shape index (κ1) is 25.0. The van der Waals surface area contributed by atoms with E-state index in [1.807, 2.05) is 30.3 Å². The molecular formula is C22H30N2O8. The van der Waals surface area contributed by atoms with E-state index < -0.39 is 53.5 Å². The van der Waals surface area contributed by atoms with E-state index in [0.717, 1.165) is 5.56 Å². The number of benzene rings is 1. The van der Waals surface area contributed by atoms with Gasteiger partial charge in [-0.3, -0.25) is 4.79 Å². The van der Waals surface area contributed by atoms with E-state index in [2.05, 4.69) is 10.6 Å². The summed E-state index contributed by atoms with van der Waals surface area (Å²) in [6, 6.07) is 7.81. The number of esters is 1. The van der Waals surface area contributed by atoms with Crippen molar-refractivity contribution in [2.75, 3.05) is 13.2 Å². The van der Waals surface area contributed by atoms with Crippen LogP contribution in [0.3, 0.4) is 0 Å². The molecule has 10 heteroatoms. The fraction of sp³-hybridized carbons (Fsp3) is 0.545. The highest BCUT2D eigenvalue weighted by Gasteiger charge is 2.62. The number of ether oxygens (including phenoxy) is 3. The van der Waals surface area contributed by atoms with Crippen molar-refractivity contribution in [1.29, 1.82) is 0 Å². The number of carbonyl (C=O) groups is 4. The number of carboxylic acids is 1. The van der Waals surface area contributed by atoms with Crippen molar-refractivity contribution in [2.24, 2.45) is 17.8 Å². The van der Waals surface area contributed by atoms with Gasteiger partial charge in [0.05, 0.1) is 19.1 Å². The maximum Gasteiger partial charge on any atom is 0.408 e. The molecular weight excluding hydrogens is 420 g/mol. The zero-order valence-electron chi connectivity index (χ0n) is 18.6. The molecule has 0 saturated heterocycles. The van der Waals surface area contributed by atoms with Gasteiger partial charge in [0, 0.05) is 18.4 Å². The number of aliphatic carboxylic acids is 1. The Morgan fingerprint density at radius 2 is 1.72 bits per heavy atom. The lowest BCUT2D eigenvalue weighted by Crippen LogP contribution is -2.45. The fourth-order valence-electron chi connectivity index (χ4n) is 3.39. The van der Waals surface area contributed by atoms with Crippen molar-refractivity contribution in [3.63, 3.8) is 0 Å². The predicted molar refractivity (Wildman–Crippen MR) is 113 cm³/mol. The molecule has 2 rings (SSSR count). The van der Waals surface area contributed by atoms with Crippen LogP contribution in [0.25, 0.3) is 0 Å². The smallest absolute Gasteiger partial charge is 0.408 e. The molecule has 176 valence electrons. The van der Waals surface area contributed by atoms with E-state index in [4.69, 9.17) is 14.2 Å². The summed E-state index contributed by atoms with van der Waals surface area (Å²) in [4.78, 5) is 48.2. The molecule has 0 aliphatic heterocycles. The first-order valence-corrected chi connectivity index (χ1v) is 10.4. The van der Waals surface area contributed by atoms with Gasteiger partial charge in [-0.05, 0) is 33.3 Å². The molecule has 1 fully saturated rings. The maximum absolute atomic E-state index is 12.3. The van der Waals surface area contributed by atoms with Crippen LogP contribution in [0.1, 0.15) is 33.3 Å². The summed E-state index contributed by atoms with van der Waals surface area (Å²) < 4.78 is 15.3. The Bertz CT molecular complexity index is 821. The van der Waals surface area contributed by atoms with E-state index >= 15 is 0 Å². The van der Waals surface area contributed by atoms with Crippen molar-refractivity contribution < 1.29 is 38.5 Å². The lowest BCUT2D eigenvalue weighted by atomic mass is 10.1. The third kappa shape index (κ3) is 7.44. The maximum atomic E-state index is 12.3. The zero-order valence-corrected chi connectivity index (χ0v) is 18.6. The lowest BCUT2D eigenvalue weighted by molar-refractivity contribution is -0.146. The van der Waals surface area contributed by atoms with Crippen LogP contribution < -0.4 is 10.6 Å². The summed E-state index contributed by atoms with van der Waals surface area (Å²) in [7, 11) is 0. The van der Waals surface area contributed by atoms with Crippen molar-refractivity contribution in [3.8, 4) is 0 Å². The summed E-state index contributed by atoms with van der Waals surface area (Å²) in [5.74, 6) is -4.18. The summed E-state index contributed by atoms with van der Waals surface area (Å²) >= 11 is 0. The number of hydrogen-bond acceptors (Lipinski definition) is 7. The predicted octanol–water partition coefficient (Wildman–Crippen LogP) is 2.32. The average Bonchev–Trinajstić information content (AvgIpc) is 3.42. The Balaban J connectivity index is 1.99. The van der Waals surface area contributed by atoms with E-state index in [9.17, 15) is 24.3 Å². The van der Waals surface area contributed by atoms with Gasteiger partial charge < -0.3 is 30.0 Å². The van der Waals surface area contributed by atoms with Gasteiger partial charge in [-0.1, -0.05) is 30.3 Å². The lowest BCUT2D eigenvalue weighted by Gasteiger charge is -2.22. The highest BCUT2D eigenvalue weighted by atomic mass is 16.6. The number of amides is 2. The van der Waals surface area contributed by atoms with Gasteiger partial charge in [0.2, 0.25) is 0 Å². The molecule has 1 aliphatic carbocycles. The summed E-state index contributed by atoms with van der Waals surface area (Å²) in [6.45, 7) is 6.74. The topological polar surface area (TPSA) is 140 Å². The Morgan fingerprint density at radius 1 is 1.06 bits per heavy atom. The van der Waals surface area contributed by atoms with Crippen LogP contribution in [0, 0.1) is 17.8 Å². The highest BCUT2D eigenvalue weighted by Crippen LogP contribution is 2.49. The fourth-order valence-corrected chi connectivity index (χ4v) is 3.39. The quantitative estimate of drug-likeness (QED) is 0.385. The molecule has 1 aromatic rings. The third-order valence-corrected chi connectivity index (χ3v) is 4.80. The minimum atomic E-state index is -1.40.